The van der Waals surface area contributed by atoms with Gasteiger partial charge in [-0.25, -0.2) is 4.98 Å². The molecule has 0 aromatic carbocycles. The minimum Gasteiger partial charge on any atom is -0.394 e. The minimum atomic E-state index is -1.07. The molecule has 3 N–H and O–H groups in total. The summed E-state index contributed by atoms with van der Waals surface area (Å²) in [7, 11) is 0. The van der Waals surface area contributed by atoms with Crippen molar-refractivity contribution in [2.24, 2.45) is 0 Å². The third-order valence-electron chi connectivity index (χ3n) is 3.91. The van der Waals surface area contributed by atoms with Crippen LogP contribution >= 0.6 is 0 Å². The van der Waals surface area contributed by atoms with E-state index in [2.05, 4.69) is 29.1 Å². The molecule has 0 aliphatic rings. The third kappa shape index (κ3) is 8.67. The van der Waals surface area contributed by atoms with Gasteiger partial charge in [-0.3, -0.25) is 4.79 Å². The topological polar surface area (TPSA) is 82.5 Å². The van der Waals surface area contributed by atoms with Gasteiger partial charge >= 0.3 is 0 Å². The molecule has 1 aromatic heterocycles. The van der Waals surface area contributed by atoms with Crippen molar-refractivity contribution in [3.8, 4) is 11.8 Å². The Labute approximate surface area is 150 Å². The van der Waals surface area contributed by atoms with E-state index in [0.717, 1.165) is 12.8 Å². The molecule has 1 aromatic rings. The van der Waals surface area contributed by atoms with Crippen molar-refractivity contribution in [2.45, 2.75) is 70.9 Å². The fourth-order valence-electron chi connectivity index (χ4n) is 2.52. The average molecular weight is 346 g/mol. The van der Waals surface area contributed by atoms with E-state index in [9.17, 15) is 15.0 Å². The smallest absolute Gasteiger partial charge is 0.217 e. The third-order valence-corrected chi connectivity index (χ3v) is 3.91. The van der Waals surface area contributed by atoms with Crippen molar-refractivity contribution in [1.82, 2.24) is 10.3 Å². The first kappa shape index (κ1) is 21.1. The highest BCUT2D eigenvalue weighted by atomic mass is 16.3. The quantitative estimate of drug-likeness (QED) is 0.449. The fourth-order valence-corrected chi connectivity index (χ4v) is 2.52. The molecule has 5 heteroatoms. The molecule has 138 valence electrons. The van der Waals surface area contributed by atoms with E-state index in [4.69, 9.17) is 0 Å². The Morgan fingerprint density at radius 1 is 1.24 bits per heavy atom. The van der Waals surface area contributed by atoms with Crippen molar-refractivity contribution in [3.63, 3.8) is 0 Å². The van der Waals surface area contributed by atoms with E-state index in [0.29, 0.717) is 11.4 Å². The Kier molecular flexibility index (Phi) is 10.5. The molecule has 1 heterocycles. The van der Waals surface area contributed by atoms with E-state index in [1.54, 1.807) is 18.2 Å². The molecular formula is C20H30N2O3. The first-order chi connectivity index (χ1) is 12.1. The van der Waals surface area contributed by atoms with Gasteiger partial charge in [0.25, 0.3) is 0 Å². The van der Waals surface area contributed by atoms with Gasteiger partial charge in [-0.1, -0.05) is 51.0 Å². The van der Waals surface area contributed by atoms with Crippen LogP contribution in [0.1, 0.15) is 76.3 Å². The Balaban J connectivity index is 2.54. The van der Waals surface area contributed by atoms with Crippen LogP contribution < -0.4 is 5.32 Å². The number of pyridine rings is 1. The standard InChI is InChI=1S/C20H30N2O3/c1-3-4-5-6-7-8-9-10-12-17-13-11-14-18(22-17)20(25)19(15-23)21-16(2)24/h11,13-14,19-20,23,25H,3-9,15H2,1-2H3,(H,21,24). The van der Waals surface area contributed by atoms with E-state index in [1.807, 2.05) is 0 Å². The highest BCUT2D eigenvalue weighted by molar-refractivity contribution is 5.73. The van der Waals surface area contributed by atoms with Crippen LogP contribution in [0.25, 0.3) is 0 Å². The van der Waals surface area contributed by atoms with Gasteiger partial charge in [0, 0.05) is 13.3 Å². The number of aromatic nitrogens is 1. The molecular weight excluding hydrogens is 316 g/mol. The van der Waals surface area contributed by atoms with Crippen LogP contribution in [-0.2, 0) is 4.79 Å². The van der Waals surface area contributed by atoms with Gasteiger partial charge in [0.15, 0.2) is 0 Å². The molecule has 1 amide bonds. The molecule has 0 bridgehead atoms. The van der Waals surface area contributed by atoms with E-state index in [-0.39, 0.29) is 12.5 Å². The van der Waals surface area contributed by atoms with Crippen LogP contribution in [0.3, 0.4) is 0 Å². The zero-order valence-electron chi connectivity index (χ0n) is 15.3. The number of nitrogens with one attached hydrogen (secondary N) is 1. The molecule has 2 atom stereocenters. The highest BCUT2D eigenvalue weighted by Crippen LogP contribution is 2.15. The summed E-state index contributed by atoms with van der Waals surface area (Å²) >= 11 is 0. The first-order valence-electron chi connectivity index (χ1n) is 9.10. The lowest BCUT2D eigenvalue weighted by atomic mass is 10.1. The zero-order chi connectivity index (χ0) is 18.5. The second kappa shape index (κ2) is 12.5. The van der Waals surface area contributed by atoms with Gasteiger partial charge < -0.3 is 15.5 Å². The maximum atomic E-state index is 11.1. The normalized spacial score (nSPS) is 12.8. The van der Waals surface area contributed by atoms with Crippen molar-refractivity contribution in [1.29, 1.82) is 0 Å². The SMILES string of the molecule is CCCCCCCCC#Cc1cccc(C(O)C(CO)NC(C)=O)n1. The van der Waals surface area contributed by atoms with Crippen molar-refractivity contribution < 1.29 is 15.0 Å². The molecule has 0 spiro atoms. The van der Waals surface area contributed by atoms with Gasteiger partial charge in [0.05, 0.1) is 18.3 Å². The number of aliphatic hydroxyl groups excluding tert-OH is 2. The molecule has 0 saturated heterocycles. The summed E-state index contributed by atoms with van der Waals surface area (Å²) in [6, 6.07) is 4.43. The predicted octanol–water partition coefficient (Wildman–Crippen LogP) is 2.71. The number of hydrogen-bond acceptors (Lipinski definition) is 4. The summed E-state index contributed by atoms with van der Waals surface area (Å²) in [5.74, 6) is 5.83. The Hall–Kier alpha value is -1.90. The zero-order valence-corrected chi connectivity index (χ0v) is 15.3. The number of carbonyl (C=O) groups is 1. The molecule has 0 aliphatic carbocycles. The van der Waals surface area contributed by atoms with Crippen LogP contribution in [0.2, 0.25) is 0 Å². The second-order valence-electron chi connectivity index (χ2n) is 6.20. The number of unbranched alkanes of at least 4 members (excludes halogenated alkanes) is 6. The number of carbonyl (C=O) groups excluding carboxylic acids is 1. The number of nitrogens with zero attached hydrogens (tertiary/aromatic N) is 1. The van der Waals surface area contributed by atoms with E-state index >= 15 is 0 Å². The van der Waals surface area contributed by atoms with Crippen molar-refractivity contribution in [2.75, 3.05) is 6.61 Å². The molecule has 5 nitrogen and oxygen atoms in total. The van der Waals surface area contributed by atoms with Gasteiger partial charge in [0.2, 0.25) is 5.91 Å². The summed E-state index contributed by atoms with van der Waals surface area (Å²) < 4.78 is 0. The van der Waals surface area contributed by atoms with Crippen LogP contribution in [0.4, 0.5) is 0 Å². The molecule has 2 unspecified atom stereocenters. The molecule has 1 rings (SSSR count). The van der Waals surface area contributed by atoms with E-state index < -0.39 is 12.1 Å². The Morgan fingerprint density at radius 3 is 2.64 bits per heavy atom. The predicted molar refractivity (Wildman–Crippen MR) is 98.8 cm³/mol. The number of hydrogen-bond donors (Lipinski definition) is 3. The maximum Gasteiger partial charge on any atom is 0.217 e. The van der Waals surface area contributed by atoms with Gasteiger partial charge in [-0.05, 0) is 24.5 Å². The summed E-state index contributed by atoms with van der Waals surface area (Å²) in [5.41, 5.74) is 0.973. The van der Waals surface area contributed by atoms with Crippen LogP contribution in [-0.4, -0.2) is 33.8 Å². The van der Waals surface area contributed by atoms with Crippen molar-refractivity contribution >= 4 is 5.91 Å². The van der Waals surface area contributed by atoms with Crippen LogP contribution in [0.5, 0.6) is 0 Å². The monoisotopic (exact) mass is 346 g/mol. The molecule has 0 saturated carbocycles. The summed E-state index contributed by atoms with van der Waals surface area (Å²) in [6.45, 7) is 3.19. The molecule has 0 aliphatic heterocycles. The summed E-state index contributed by atoms with van der Waals surface area (Å²) in [6.07, 6.45) is 7.18. The Morgan fingerprint density at radius 2 is 1.96 bits per heavy atom. The number of rotatable bonds is 10. The van der Waals surface area contributed by atoms with Gasteiger partial charge in [-0.2, -0.15) is 0 Å². The van der Waals surface area contributed by atoms with E-state index in [1.165, 1.54) is 39.0 Å². The first-order valence-corrected chi connectivity index (χ1v) is 9.10. The molecule has 25 heavy (non-hydrogen) atoms. The maximum absolute atomic E-state index is 11.1. The Bertz CT molecular complexity index is 578. The lowest BCUT2D eigenvalue weighted by Crippen LogP contribution is -2.41. The highest BCUT2D eigenvalue weighted by Gasteiger charge is 2.22. The van der Waals surface area contributed by atoms with Crippen LogP contribution in [0, 0.1) is 11.8 Å². The summed E-state index contributed by atoms with van der Waals surface area (Å²) in [4.78, 5) is 15.4. The lowest BCUT2D eigenvalue weighted by Gasteiger charge is -2.21. The summed E-state index contributed by atoms with van der Waals surface area (Å²) in [5, 5.41) is 22.1. The molecule has 0 radical (unpaired) electrons. The van der Waals surface area contributed by atoms with Gasteiger partial charge in [-0.15, -0.1) is 0 Å². The number of aliphatic hydroxyl groups is 2. The lowest BCUT2D eigenvalue weighted by molar-refractivity contribution is -0.121. The van der Waals surface area contributed by atoms with Crippen LogP contribution in [0.15, 0.2) is 18.2 Å². The van der Waals surface area contributed by atoms with Crippen molar-refractivity contribution in [3.05, 3.63) is 29.6 Å². The number of amides is 1. The second-order valence-corrected chi connectivity index (χ2v) is 6.20. The largest absolute Gasteiger partial charge is 0.394 e. The fraction of sp³-hybridized carbons (Fsp3) is 0.600. The average Bonchev–Trinajstić information content (AvgIpc) is 2.61. The van der Waals surface area contributed by atoms with Gasteiger partial charge in [0.1, 0.15) is 11.8 Å². The minimum absolute atomic E-state index is 0.312. The molecule has 0 fully saturated rings.